The lowest BCUT2D eigenvalue weighted by atomic mass is 10.3. The van der Waals surface area contributed by atoms with Crippen LogP contribution in [0.2, 0.25) is 0 Å². The van der Waals surface area contributed by atoms with Crippen molar-refractivity contribution in [2.24, 2.45) is 0 Å². The second-order valence-corrected chi connectivity index (χ2v) is 3.52. The number of aromatic nitrogens is 1. The van der Waals surface area contributed by atoms with Gasteiger partial charge in [0, 0.05) is 25.7 Å². The van der Waals surface area contributed by atoms with Gasteiger partial charge in [0.15, 0.2) is 0 Å². The van der Waals surface area contributed by atoms with Crippen LogP contribution in [0.25, 0.3) is 0 Å². The number of rotatable bonds is 5. The van der Waals surface area contributed by atoms with Gasteiger partial charge in [-0.25, -0.2) is 0 Å². The maximum Gasteiger partial charge on any atom is 0.267 e. The minimum atomic E-state index is -0.0173. The smallest absolute Gasteiger partial charge is 0.267 e. The SMILES string of the molecule is CC#CCCNC(=O)c1cccn1CCC. The van der Waals surface area contributed by atoms with Crippen molar-refractivity contribution >= 4 is 5.91 Å². The molecule has 86 valence electrons. The van der Waals surface area contributed by atoms with E-state index in [0.29, 0.717) is 13.0 Å². The van der Waals surface area contributed by atoms with E-state index in [-0.39, 0.29) is 5.91 Å². The van der Waals surface area contributed by atoms with Crippen LogP contribution in [0.5, 0.6) is 0 Å². The lowest BCUT2D eigenvalue weighted by Crippen LogP contribution is -2.26. The molecule has 0 aliphatic carbocycles. The normalized spacial score (nSPS) is 9.38. The molecule has 0 saturated carbocycles. The molecule has 1 heterocycles. The predicted molar refractivity (Wildman–Crippen MR) is 65.1 cm³/mol. The van der Waals surface area contributed by atoms with E-state index in [4.69, 9.17) is 0 Å². The molecule has 0 atom stereocenters. The highest BCUT2D eigenvalue weighted by Crippen LogP contribution is 2.03. The number of hydrogen-bond donors (Lipinski definition) is 1. The Balaban J connectivity index is 2.50. The second-order valence-electron chi connectivity index (χ2n) is 3.52. The molecule has 0 spiro atoms. The van der Waals surface area contributed by atoms with Crippen LogP contribution in [0.1, 0.15) is 37.2 Å². The molecule has 16 heavy (non-hydrogen) atoms. The third-order valence-electron chi connectivity index (χ3n) is 2.24. The quantitative estimate of drug-likeness (QED) is 0.595. The Morgan fingerprint density at radius 3 is 3.06 bits per heavy atom. The van der Waals surface area contributed by atoms with Gasteiger partial charge in [-0.15, -0.1) is 11.8 Å². The molecule has 0 unspecified atom stereocenters. The predicted octanol–water partition coefficient (Wildman–Crippen LogP) is 2.04. The first kappa shape index (κ1) is 12.4. The van der Waals surface area contributed by atoms with Crippen LogP contribution in [-0.4, -0.2) is 17.0 Å². The van der Waals surface area contributed by atoms with Crippen molar-refractivity contribution < 1.29 is 4.79 Å². The van der Waals surface area contributed by atoms with Crippen LogP contribution in [0, 0.1) is 11.8 Å². The Morgan fingerprint density at radius 1 is 1.56 bits per heavy atom. The fourth-order valence-corrected chi connectivity index (χ4v) is 1.51. The third-order valence-corrected chi connectivity index (χ3v) is 2.24. The zero-order valence-corrected chi connectivity index (χ0v) is 9.92. The fourth-order valence-electron chi connectivity index (χ4n) is 1.51. The summed E-state index contributed by atoms with van der Waals surface area (Å²) in [7, 11) is 0. The summed E-state index contributed by atoms with van der Waals surface area (Å²) in [5, 5.41) is 2.86. The number of aryl methyl sites for hydroxylation is 1. The zero-order chi connectivity index (χ0) is 11.8. The van der Waals surface area contributed by atoms with E-state index in [2.05, 4.69) is 24.1 Å². The first-order valence-corrected chi connectivity index (χ1v) is 5.62. The average molecular weight is 218 g/mol. The summed E-state index contributed by atoms with van der Waals surface area (Å²) in [5.41, 5.74) is 0.728. The van der Waals surface area contributed by atoms with E-state index in [0.717, 1.165) is 18.7 Å². The van der Waals surface area contributed by atoms with Gasteiger partial charge in [0.05, 0.1) is 0 Å². The highest BCUT2D eigenvalue weighted by Gasteiger charge is 2.08. The summed E-state index contributed by atoms with van der Waals surface area (Å²) in [6.45, 7) is 5.38. The molecule has 0 fully saturated rings. The van der Waals surface area contributed by atoms with Crippen LogP contribution >= 0.6 is 0 Å². The molecule has 0 aliphatic heterocycles. The average Bonchev–Trinajstić information content (AvgIpc) is 2.73. The number of nitrogens with zero attached hydrogens (tertiary/aromatic N) is 1. The molecule has 1 N–H and O–H groups in total. The largest absolute Gasteiger partial charge is 0.350 e. The summed E-state index contributed by atoms with van der Waals surface area (Å²) in [6.07, 6.45) is 3.66. The molecular weight excluding hydrogens is 200 g/mol. The van der Waals surface area contributed by atoms with Crippen molar-refractivity contribution in [2.75, 3.05) is 6.54 Å². The lowest BCUT2D eigenvalue weighted by molar-refractivity contribution is 0.0945. The minimum Gasteiger partial charge on any atom is -0.350 e. The molecule has 1 aromatic rings. The summed E-state index contributed by atoms with van der Waals surface area (Å²) in [6, 6.07) is 3.74. The highest BCUT2D eigenvalue weighted by atomic mass is 16.1. The third kappa shape index (κ3) is 3.47. The van der Waals surface area contributed by atoms with Crippen LogP contribution in [0.4, 0.5) is 0 Å². The van der Waals surface area contributed by atoms with Gasteiger partial charge in [0.2, 0.25) is 0 Å². The molecule has 0 bridgehead atoms. The molecule has 0 saturated heterocycles. The molecule has 0 radical (unpaired) electrons. The number of nitrogens with one attached hydrogen (secondary N) is 1. The van der Waals surface area contributed by atoms with E-state index >= 15 is 0 Å². The standard InChI is InChI=1S/C13H18N2O/c1-3-5-6-9-14-13(16)12-8-7-11-15(12)10-4-2/h7-8,11H,4,6,9-10H2,1-2H3,(H,14,16). The zero-order valence-electron chi connectivity index (χ0n) is 9.92. The Morgan fingerprint density at radius 2 is 2.38 bits per heavy atom. The van der Waals surface area contributed by atoms with Gasteiger partial charge in [-0.3, -0.25) is 4.79 Å². The van der Waals surface area contributed by atoms with Gasteiger partial charge < -0.3 is 9.88 Å². The van der Waals surface area contributed by atoms with Crippen molar-refractivity contribution in [1.82, 2.24) is 9.88 Å². The van der Waals surface area contributed by atoms with E-state index in [1.165, 1.54) is 0 Å². The Hall–Kier alpha value is -1.69. The second kappa shape index (κ2) is 6.73. The minimum absolute atomic E-state index is 0.0173. The van der Waals surface area contributed by atoms with Gasteiger partial charge in [-0.05, 0) is 25.5 Å². The van der Waals surface area contributed by atoms with Crippen molar-refractivity contribution in [3.05, 3.63) is 24.0 Å². The van der Waals surface area contributed by atoms with Gasteiger partial charge in [0.1, 0.15) is 5.69 Å². The lowest BCUT2D eigenvalue weighted by Gasteiger charge is -2.07. The number of carbonyl (C=O) groups excluding carboxylic acids is 1. The topological polar surface area (TPSA) is 34.0 Å². The van der Waals surface area contributed by atoms with Crippen LogP contribution in [-0.2, 0) is 6.54 Å². The molecule has 1 aromatic heterocycles. The molecule has 0 aromatic carbocycles. The van der Waals surface area contributed by atoms with Gasteiger partial charge in [-0.2, -0.15) is 0 Å². The maximum atomic E-state index is 11.8. The number of hydrogen-bond acceptors (Lipinski definition) is 1. The maximum absolute atomic E-state index is 11.8. The summed E-state index contributed by atoms with van der Waals surface area (Å²) in [4.78, 5) is 11.8. The summed E-state index contributed by atoms with van der Waals surface area (Å²) in [5.74, 6) is 5.70. The molecule has 3 heteroatoms. The van der Waals surface area contributed by atoms with Crippen molar-refractivity contribution in [3.8, 4) is 11.8 Å². The summed E-state index contributed by atoms with van der Waals surface area (Å²) < 4.78 is 1.97. The molecule has 1 amide bonds. The molecular formula is C13H18N2O. The molecule has 0 aliphatic rings. The number of carbonyl (C=O) groups is 1. The van der Waals surface area contributed by atoms with Gasteiger partial charge in [-0.1, -0.05) is 6.92 Å². The van der Waals surface area contributed by atoms with Crippen LogP contribution in [0.3, 0.4) is 0 Å². The monoisotopic (exact) mass is 218 g/mol. The van der Waals surface area contributed by atoms with Crippen molar-refractivity contribution in [3.63, 3.8) is 0 Å². The van der Waals surface area contributed by atoms with E-state index in [1.807, 2.05) is 22.9 Å². The Labute approximate surface area is 96.8 Å². The van der Waals surface area contributed by atoms with Crippen molar-refractivity contribution in [1.29, 1.82) is 0 Å². The van der Waals surface area contributed by atoms with Crippen LogP contribution in [0.15, 0.2) is 18.3 Å². The van der Waals surface area contributed by atoms with E-state index in [1.54, 1.807) is 6.92 Å². The van der Waals surface area contributed by atoms with Crippen molar-refractivity contribution in [2.45, 2.75) is 33.2 Å². The summed E-state index contributed by atoms with van der Waals surface area (Å²) >= 11 is 0. The first-order valence-electron chi connectivity index (χ1n) is 5.62. The Bertz CT molecular complexity index is 396. The first-order chi connectivity index (χ1) is 7.79. The Kier molecular flexibility index (Phi) is 5.21. The van der Waals surface area contributed by atoms with Gasteiger partial charge >= 0.3 is 0 Å². The highest BCUT2D eigenvalue weighted by molar-refractivity contribution is 5.92. The van der Waals surface area contributed by atoms with Crippen LogP contribution < -0.4 is 5.32 Å². The number of amides is 1. The molecule has 3 nitrogen and oxygen atoms in total. The van der Waals surface area contributed by atoms with Gasteiger partial charge in [0.25, 0.3) is 5.91 Å². The van der Waals surface area contributed by atoms with E-state index in [9.17, 15) is 4.79 Å². The van der Waals surface area contributed by atoms with E-state index < -0.39 is 0 Å². The molecule has 1 rings (SSSR count). The fraction of sp³-hybridized carbons (Fsp3) is 0.462.